The van der Waals surface area contributed by atoms with Crippen molar-refractivity contribution in [1.82, 2.24) is 0 Å². The van der Waals surface area contributed by atoms with Crippen LogP contribution >= 0.6 is 0 Å². The van der Waals surface area contributed by atoms with Crippen LogP contribution in [0.1, 0.15) is 22.8 Å². The molecule has 0 heterocycles. The van der Waals surface area contributed by atoms with Gasteiger partial charge in [-0.05, 0) is 28.8 Å². The van der Waals surface area contributed by atoms with Crippen LogP contribution in [0.25, 0.3) is 0 Å². The van der Waals surface area contributed by atoms with Crippen molar-refractivity contribution in [3.8, 4) is 5.75 Å². The molecule has 0 fully saturated rings. The van der Waals surface area contributed by atoms with Gasteiger partial charge < -0.3 is 14.9 Å². The zero-order chi connectivity index (χ0) is 17.0. The maximum absolute atomic E-state index is 11.5. The first-order chi connectivity index (χ1) is 11.7. The minimum atomic E-state index is -1.54. The number of benzene rings is 3. The predicted molar refractivity (Wildman–Crippen MR) is 93.8 cm³/mol. The van der Waals surface area contributed by atoms with Crippen molar-refractivity contribution in [2.45, 2.75) is 11.7 Å². The largest absolute Gasteiger partial charge is 0.497 e. The van der Waals surface area contributed by atoms with Gasteiger partial charge in [0, 0.05) is 0 Å². The number of aliphatic hydroxyl groups is 2. The standard InChI is InChI=1S/C21H20O3/c1-24-19-14-12-16(13-15-19)20(22)21(23,17-8-4-2-5-9-17)18-10-6-3-7-11-18/h2-15,20,22-23H,1H3. The topological polar surface area (TPSA) is 49.7 Å². The fraction of sp³-hybridized carbons (Fsp3) is 0.143. The third-order valence-electron chi connectivity index (χ3n) is 4.26. The molecule has 3 heteroatoms. The van der Waals surface area contributed by atoms with Crippen LogP contribution in [0.3, 0.4) is 0 Å². The Morgan fingerprint density at radius 2 is 1.21 bits per heavy atom. The molecule has 3 aromatic carbocycles. The van der Waals surface area contributed by atoms with Gasteiger partial charge in [0.05, 0.1) is 7.11 Å². The summed E-state index contributed by atoms with van der Waals surface area (Å²) < 4.78 is 5.16. The van der Waals surface area contributed by atoms with Gasteiger partial charge in [-0.1, -0.05) is 72.8 Å². The van der Waals surface area contributed by atoms with E-state index in [1.165, 1.54) is 0 Å². The highest BCUT2D eigenvalue weighted by Crippen LogP contribution is 2.41. The maximum Gasteiger partial charge on any atom is 0.145 e. The van der Waals surface area contributed by atoms with E-state index in [4.69, 9.17) is 4.74 Å². The average molecular weight is 320 g/mol. The van der Waals surface area contributed by atoms with Crippen LogP contribution in [-0.4, -0.2) is 17.3 Å². The molecular weight excluding hydrogens is 300 g/mol. The minimum absolute atomic E-state index is 0.617. The predicted octanol–water partition coefficient (Wildman–Crippen LogP) is 3.66. The van der Waals surface area contributed by atoms with E-state index in [0.717, 1.165) is 0 Å². The number of rotatable bonds is 5. The third kappa shape index (κ3) is 2.92. The summed E-state index contributed by atoms with van der Waals surface area (Å²) >= 11 is 0. The Morgan fingerprint density at radius 3 is 1.62 bits per heavy atom. The molecular formula is C21H20O3. The van der Waals surface area contributed by atoms with Crippen molar-refractivity contribution in [3.05, 3.63) is 102 Å². The van der Waals surface area contributed by atoms with E-state index in [0.29, 0.717) is 22.4 Å². The molecule has 0 spiro atoms. The first-order valence-corrected chi connectivity index (χ1v) is 7.81. The summed E-state index contributed by atoms with van der Waals surface area (Å²) in [6, 6.07) is 25.5. The van der Waals surface area contributed by atoms with E-state index in [-0.39, 0.29) is 0 Å². The molecule has 2 N–H and O–H groups in total. The first-order valence-electron chi connectivity index (χ1n) is 7.81. The van der Waals surface area contributed by atoms with Crippen molar-refractivity contribution in [2.75, 3.05) is 7.11 Å². The lowest BCUT2D eigenvalue weighted by Gasteiger charge is -2.34. The second-order valence-corrected chi connectivity index (χ2v) is 5.67. The van der Waals surface area contributed by atoms with E-state index < -0.39 is 11.7 Å². The fourth-order valence-electron chi connectivity index (χ4n) is 2.89. The molecule has 0 saturated carbocycles. The molecule has 0 saturated heterocycles. The van der Waals surface area contributed by atoms with Gasteiger partial charge in [-0.2, -0.15) is 0 Å². The zero-order valence-corrected chi connectivity index (χ0v) is 13.5. The molecule has 0 aliphatic heterocycles. The Bertz CT molecular complexity index is 728. The van der Waals surface area contributed by atoms with Gasteiger partial charge in [-0.25, -0.2) is 0 Å². The van der Waals surface area contributed by atoms with Gasteiger partial charge in [0.2, 0.25) is 0 Å². The molecule has 3 rings (SSSR count). The average Bonchev–Trinajstić information content (AvgIpc) is 2.68. The van der Waals surface area contributed by atoms with Crippen LogP contribution in [-0.2, 0) is 5.60 Å². The van der Waals surface area contributed by atoms with E-state index >= 15 is 0 Å². The van der Waals surface area contributed by atoms with E-state index in [1.807, 2.05) is 60.7 Å². The molecule has 0 aliphatic rings. The summed E-state index contributed by atoms with van der Waals surface area (Å²) in [5, 5.41) is 22.5. The summed E-state index contributed by atoms with van der Waals surface area (Å²) in [6.45, 7) is 0. The highest BCUT2D eigenvalue weighted by Gasteiger charge is 2.40. The van der Waals surface area contributed by atoms with Crippen LogP contribution in [0.4, 0.5) is 0 Å². The molecule has 0 amide bonds. The molecule has 3 aromatic rings. The Kier molecular flexibility index (Phi) is 4.65. The van der Waals surface area contributed by atoms with Crippen molar-refractivity contribution in [2.24, 2.45) is 0 Å². The van der Waals surface area contributed by atoms with E-state index in [2.05, 4.69) is 0 Å². The summed E-state index contributed by atoms with van der Waals surface area (Å²) in [5.74, 6) is 0.703. The van der Waals surface area contributed by atoms with Crippen molar-refractivity contribution >= 4 is 0 Å². The van der Waals surface area contributed by atoms with Crippen molar-refractivity contribution in [1.29, 1.82) is 0 Å². The third-order valence-corrected chi connectivity index (χ3v) is 4.26. The molecule has 0 aromatic heterocycles. The number of hydrogen-bond acceptors (Lipinski definition) is 3. The molecule has 0 bridgehead atoms. The second kappa shape index (κ2) is 6.87. The van der Waals surface area contributed by atoms with Crippen LogP contribution < -0.4 is 4.74 Å². The fourth-order valence-corrected chi connectivity index (χ4v) is 2.89. The number of hydrogen-bond donors (Lipinski definition) is 2. The van der Waals surface area contributed by atoms with Crippen molar-refractivity contribution in [3.63, 3.8) is 0 Å². The lowest BCUT2D eigenvalue weighted by Crippen LogP contribution is -2.35. The summed E-state index contributed by atoms with van der Waals surface area (Å²) in [7, 11) is 1.59. The molecule has 24 heavy (non-hydrogen) atoms. The minimum Gasteiger partial charge on any atom is -0.497 e. The molecule has 0 aliphatic carbocycles. The summed E-state index contributed by atoms with van der Waals surface area (Å²) in [4.78, 5) is 0. The number of methoxy groups -OCH3 is 1. The Hall–Kier alpha value is -2.62. The molecule has 1 atom stereocenters. The monoisotopic (exact) mass is 320 g/mol. The molecule has 1 unspecified atom stereocenters. The smallest absolute Gasteiger partial charge is 0.145 e. The molecule has 0 radical (unpaired) electrons. The Labute approximate surface area is 141 Å². The Morgan fingerprint density at radius 1 is 0.750 bits per heavy atom. The van der Waals surface area contributed by atoms with Crippen LogP contribution in [0.5, 0.6) is 5.75 Å². The highest BCUT2D eigenvalue weighted by atomic mass is 16.5. The van der Waals surface area contributed by atoms with Gasteiger partial charge >= 0.3 is 0 Å². The Balaban J connectivity index is 2.10. The quantitative estimate of drug-likeness (QED) is 0.754. The molecule has 122 valence electrons. The van der Waals surface area contributed by atoms with Gasteiger partial charge in [0.25, 0.3) is 0 Å². The van der Waals surface area contributed by atoms with Crippen LogP contribution in [0.15, 0.2) is 84.9 Å². The van der Waals surface area contributed by atoms with E-state index in [9.17, 15) is 10.2 Å². The van der Waals surface area contributed by atoms with Gasteiger partial charge in [0.15, 0.2) is 0 Å². The molecule has 3 nitrogen and oxygen atoms in total. The maximum atomic E-state index is 11.5. The summed E-state index contributed by atoms with van der Waals surface area (Å²) in [5.41, 5.74) is 0.349. The normalized spacial score (nSPS) is 12.6. The van der Waals surface area contributed by atoms with Crippen molar-refractivity contribution < 1.29 is 14.9 Å². The number of ether oxygens (including phenoxy) is 1. The van der Waals surface area contributed by atoms with E-state index in [1.54, 1.807) is 31.4 Å². The lowest BCUT2D eigenvalue weighted by molar-refractivity contribution is -0.0517. The first kappa shape index (κ1) is 16.2. The lowest BCUT2D eigenvalue weighted by atomic mass is 9.79. The van der Waals surface area contributed by atoms with Crippen LogP contribution in [0, 0.1) is 0 Å². The van der Waals surface area contributed by atoms with Crippen LogP contribution in [0.2, 0.25) is 0 Å². The van der Waals surface area contributed by atoms with Gasteiger partial charge in [-0.3, -0.25) is 0 Å². The highest BCUT2D eigenvalue weighted by molar-refractivity contribution is 5.41. The SMILES string of the molecule is COc1ccc(C(O)C(O)(c2ccccc2)c2ccccc2)cc1. The second-order valence-electron chi connectivity index (χ2n) is 5.67. The zero-order valence-electron chi connectivity index (χ0n) is 13.5. The summed E-state index contributed by atoms with van der Waals surface area (Å²) in [6.07, 6.45) is -1.12. The van der Waals surface area contributed by atoms with Gasteiger partial charge in [0.1, 0.15) is 17.5 Å². The van der Waals surface area contributed by atoms with Gasteiger partial charge in [-0.15, -0.1) is 0 Å². The number of aliphatic hydroxyl groups excluding tert-OH is 1.